The van der Waals surface area contributed by atoms with Crippen molar-refractivity contribution in [1.82, 2.24) is 40.5 Å². The number of amides is 8. The number of urea groups is 1. The summed E-state index contributed by atoms with van der Waals surface area (Å²) < 4.78 is 69.7. The Hall–Kier alpha value is -11.4. The second-order valence-corrected chi connectivity index (χ2v) is 38.3. The number of aromatic nitrogens is 1. The number of benzene rings is 5. The van der Waals surface area contributed by atoms with E-state index >= 15 is 0 Å². The normalized spacial score (nSPS) is 19.6. The summed E-state index contributed by atoms with van der Waals surface area (Å²) in [5.41, 5.74) is 13.0. The van der Waals surface area contributed by atoms with Crippen LogP contribution in [0.5, 0.6) is 0 Å². The minimum atomic E-state index is -1.88. The average molecular weight is 2020 g/mol. The first-order valence-corrected chi connectivity index (χ1v) is 50.2. The number of hydrogen-bond donors (Lipinski definition) is 6. The lowest BCUT2D eigenvalue weighted by atomic mass is 9.83. The Bertz CT molecular complexity index is 5300. The number of para-hydroxylation sites is 1. The maximum absolute atomic E-state index is 14.4. The number of carbonyl (C=O) groups is 12. The van der Waals surface area contributed by atoms with E-state index in [0.29, 0.717) is 146 Å². The number of ether oxygens (including phenoxy) is 12. The molecular formula is C108H149ClN10O25. The van der Waals surface area contributed by atoms with E-state index in [2.05, 4.69) is 56.2 Å². The van der Waals surface area contributed by atoms with Gasteiger partial charge >= 0.3 is 30.2 Å². The summed E-state index contributed by atoms with van der Waals surface area (Å²) in [5.74, 6) is -4.24. The predicted octanol–water partition coefficient (Wildman–Crippen LogP) is 12.3. The molecule has 7 N–H and O–H groups in total. The van der Waals surface area contributed by atoms with Gasteiger partial charge in [0, 0.05) is 142 Å². The Kier molecular flexibility index (Phi) is 46.9. The zero-order valence-corrected chi connectivity index (χ0v) is 86.9. The number of Topliss-reactive ketones (excluding diaryl/α,β-unsaturated/α-hetero) is 3. The molecule has 4 bridgehead atoms. The maximum atomic E-state index is 14.4. The van der Waals surface area contributed by atoms with E-state index in [9.17, 15) is 62.6 Å². The van der Waals surface area contributed by atoms with Gasteiger partial charge in [-0.3, -0.25) is 48.6 Å². The molecule has 144 heavy (non-hydrogen) atoms. The van der Waals surface area contributed by atoms with Crippen LogP contribution in [0.3, 0.4) is 0 Å². The lowest BCUT2D eigenvalue weighted by Crippen LogP contribution is -2.63. The van der Waals surface area contributed by atoms with Crippen molar-refractivity contribution in [3.63, 3.8) is 0 Å². The second kappa shape index (κ2) is 58.1. The number of nitrogens with zero attached hydrogens (tertiary/aromatic N) is 5. The molecule has 0 radical (unpaired) electrons. The van der Waals surface area contributed by atoms with Gasteiger partial charge in [0.25, 0.3) is 0 Å². The first-order chi connectivity index (χ1) is 68.9. The number of alkyl carbamates (subject to hydrolysis) is 1. The van der Waals surface area contributed by atoms with Crippen LogP contribution >= 0.6 is 11.6 Å². The predicted molar refractivity (Wildman–Crippen MR) is 543 cm³/mol. The first-order valence-electron chi connectivity index (χ1n) is 49.8. The molecule has 0 saturated carbocycles. The molecule has 2 fully saturated rings. The number of hydrogen-bond acceptors (Lipinski definition) is 26. The highest BCUT2D eigenvalue weighted by atomic mass is 35.5. The minimum Gasteiger partial charge on any atom is -0.464 e. The summed E-state index contributed by atoms with van der Waals surface area (Å²) in [6.45, 7) is 23.0. The highest BCUT2D eigenvalue weighted by molar-refractivity contribution is 6.34. The molecular weight excluding hydrogens is 1870 g/mol. The van der Waals surface area contributed by atoms with Crippen LogP contribution in [-0.4, -0.2) is 291 Å². The SMILES string of the molecule is CCCC(=O)C[C@H](C(=O)N[C@@H](CCCNC(N)=O)C(=O)Cc1ccc(COC(=O)N(C)CCCC(=O)N(C)[C@@H](C)C(=O)O[C@H]2CC(=O)N(C)c3cc(cc(C)c3Cl)C/C(C)=C/C=C/[C@@H](OC)[C@]3(O)C[C@H](OC(=O)N3)[C@@H](C)C3O[C@]32C)cc1)C(C)C.COCCOCCOCCOCCOCCOCCCC(=O)CNC(=O)CCn1c(CN(C)C(C)C(=O)OCC2c3ccccc3-c3ccccc32)cc2ccccc21. The molecule has 1 aromatic heterocycles. The van der Waals surface area contributed by atoms with Crippen molar-refractivity contribution < 1.29 is 119 Å². The molecule has 1 aliphatic carbocycles. The Labute approximate surface area is 850 Å². The molecule has 788 valence electrons. The van der Waals surface area contributed by atoms with E-state index in [0.717, 1.165) is 33.3 Å². The summed E-state index contributed by atoms with van der Waals surface area (Å²) in [4.78, 5) is 164. The van der Waals surface area contributed by atoms with Crippen LogP contribution in [-0.2, 0) is 133 Å². The topological polar surface area (TPSA) is 431 Å². The first kappa shape index (κ1) is 116. The summed E-state index contributed by atoms with van der Waals surface area (Å²) >= 11 is 6.84. The number of carbonyl (C=O) groups excluding carboxylic acids is 12. The Morgan fingerprint density at radius 1 is 0.715 bits per heavy atom. The van der Waals surface area contributed by atoms with Crippen LogP contribution in [0, 0.1) is 24.7 Å². The monoisotopic (exact) mass is 2020 g/mol. The molecule has 5 aromatic carbocycles. The van der Waals surface area contributed by atoms with E-state index in [1.54, 1.807) is 64.4 Å². The van der Waals surface area contributed by atoms with Gasteiger partial charge in [-0.2, -0.15) is 0 Å². The van der Waals surface area contributed by atoms with E-state index in [4.69, 9.17) is 74.2 Å². The van der Waals surface area contributed by atoms with Gasteiger partial charge < -0.3 is 103 Å². The van der Waals surface area contributed by atoms with Crippen molar-refractivity contribution in [1.29, 1.82) is 0 Å². The van der Waals surface area contributed by atoms with Crippen molar-refractivity contribution in [3.05, 3.63) is 183 Å². The summed E-state index contributed by atoms with van der Waals surface area (Å²) in [5, 5.41) is 23.9. The molecule has 0 spiro atoms. The lowest BCUT2D eigenvalue weighted by Gasteiger charge is -2.42. The van der Waals surface area contributed by atoms with Crippen LogP contribution in [0.25, 0.3) is 22.0 Å². The summed E-state index contributed by atoms with van der Waals surface area (Å²) in [7, 11) is 9.52. The van der Waals surface area contributed by atoms with Crippen molar-refractivity contribution >= 4 is 99.3 Å². The van der Waals surface area contributed by atoms with Gasteiger partial charge in [0.15, 0.2) is 17.3 Å². The zero-order valence-electron chi connectivity index (χ0n) is 86.1. The Balaban J connectivity index is 0.000000342. The van der Waals surface area contributed by atoms with Gasteiger partial charge in [0.1, 0.15) is 55.0 Å². The van der Waals surface area contributed by atoms with Gasteiger partial charge in [-0.1, -0.05) is 160 Å². The number of epoxide rings is 1. The maximum Gasteiger partial charge on any atom is 0.409 e. The number of nitrogens with one attached hydrogen (secondary N) is 4. The number of anilines is 1. The number of likely N-dealkylation sites (N-methyl/N-ethyl adjacent to an activating group) is 2. The fraction of sp³-hybridized carbons (Fsp3) is 0.556. The van der Waals surface area contributed by atoms with Crippen molar-refractivity contribution in [2.75, 3.05) is 146 Å². The number of rotatable bonds is 54. The molecule has 2 saturated heterocycles. The second-order valence-electron chi connectivity index (χ2n) is 37.9. The molecule has 6 aromatic rings. The molecule has 4 aliphatic rings. The molecule has 4 heterocycles. The zero-order chi connectivity index (χ0) is 105. The number of aliphatic hydroxyl groups is 1. The van der Waals surface area contributed by atoms with Gasteiger partial charge in [0.05, 0.1) is 102 Å². The van der Waals surface area contributed by atoms with Gasteiger partial charge in [0.2, 0.25) is 23.6 Å². The van der Waals surface area contributed by atoms with Crippen molar-refractivity contribution in [3.8, 4) is 11.1 Å². The highest BCUT2D eigenvalue weighted by Crippen LogP contribution is 2.50. The summed E-state index contributed by atoms with van der Waals surface area (Å²) in [6, 6.07) is 34.1. The van der Waals surface area contributed by atoms with Crippen LogP contribution in [0.2, 0.25) is 5.02 Å². The quantitative estimate of drug-likeness (QED) is 0.00894. The lowest BCUT2D eigenvalue weighted by molar-refractivity contribution is -0.162. The van der Waals surface area contributed by atoms with Gasteiger partial charge in [-0.15, -0.1) is 0 Å². The van der Waals surface area contributed by atoms with Crippen molar-refractivity contribution in [2.45, 2.75) is 232 Å². The Morgan fingerprint density at radius 3 is 1.97 bits per heavy atom. The number of halogens is 1. The van der Waals surface area contributed by atoms with Crippen LogP contribution in [0.4, 0.5) is 20.1 Å². The molecule has 10 rings (SSSR count). The standard InChI is InChI=1S/C62H88ClN7O15.C46H61N3O10/c1-13-17-44(71)32-45(36(2)3)56(75)66-46(19-15-26-65-58(64)77)48(72)31-41-22-24-42(25-23-41)35-82-60(79)68(9)27-16-21-52(73)69(10)40(7)57(76)84-51-33-53(74)70(11)47-30-43(29-38(5)54(47)63)28-37(4)18-14-20-50(81-12)62(80)34-49(83-59(78)67-62)39(6)55-61(51,8)85-55;1-35(46(52)59-34-43-41-15-7-5-13-39(41)40-14-6-8-16-42(40)43)48(2)33-37-31-36-11-4-9-17-44(36)49(37)19-18-45(51)47-32-38(50)12-10-20-54-23-24-56-27-28-58-30-29-57-26-25-55-22-21-53-3/h14,18,20,22-25,29-30,36,39-40,45-46,49-51,55,80H,13,15-17,19,21,26-28,31-35H2,1-12H3,(H,66,75)(H,67,78)(H3,64,65,77);4-9,11,13-17,31,35,43H,10,12,18-30,32-34H2,1-3H3,(H,47,51)/b20-14+,37-18+;/t39-,40+,45+,46+,49+,50-,51+,55?,61+,62-;/m1./s1. The number of methoxy groups -OCH3 is 2. The molecule has 8 amide bonds. The van der Waals surface area contributed by atoms with E-state index in [-0.39, 0.29) is 131 Å². The number of allylic oxidation sites excluding steroid dienone is 3. The molecule has 36 heteroatoms. The fourth-order valence-corrected chi connectivity index (χ4v) is 18.0. The number of fused-ring (bicyclic) bond motifs is 9. The fourth-order valence-electron chi connectivity index (χ4n) is 17.7. The van der Waals surface area contributed by atoms with Gasteiger partial charge in [-0.05, 0) is 154 Å². The number of nitrogens with two attached hydrogens (primary N) is 1. The molecule has 3 aliphatic heterocycles. The van der Waals surface area contributed by atoms with Gasteiger partial charge in [-0.25, -0.2) is 19.2 Å². The average Bonchev–Trinajstić information content (AvgIpc) is 1.56. The molecule has 2 unspecified atom stereocenters. The number of ketones is 3. The third-order valence-corrected chi connectivity index (χ3v) is 27.1. The summed E-state index contributed by atoms with van der Waals surface area (Å²) in [6.07, 6.45) is 2.84. The Morgan fingerprint density at radius 2 is 1.34 bits per heavy atom. The van der Waals surface area contributed by atoms with Crippen LogP contribution in [0.1, 0.15) is 177 Å². The minimum absolute atomic E-state index is 0.00408. The number of esters is 2. The third kappa shape index (κ3) is 35.0. The number of primary amides is 1. The highest BCUT2D eigenvalue weighted by Gasteiger charge is 2.65. The number of aryl methyl sites for hydroxylation is 2. The largest absolute Gasteiger partial charge is 0.464 e. The smallest absolute Gasteiger partial charge is 0.409 e. The van der Waals surface area contributed by atoms with Crippen LogP contribution < -0.4 is 31.9 Å². The van der Waals surface area contributed by atoms with E-state index in [1.807, 2.05) is 120 Å². The van der Waals surface area contributed by atoms with E-state index < -0.39 is 102 Å². The molecule has 11 atom stereocenters. The third-order valence-electron chi connectivity index (χ3n) is 26.6. The molecule has 35 nitrogen and oxygen atoms in total. The van der Waals surface area contributed by atoms with Crippen LogP contribution in [0.15, 0.2) is 139 Å². The van der Waals surface area contributed by atoms with E-state index in [1.165, 1.54) is 65.1 Å². The van der Waals surface area contributed by atoms with Crippen molar-refractivity contribution in [2.24, 2.45) is 23.5 Å².